The summed E-state index contributed by atoms with van der Waals surface area (Å²) in [6.07, 6.45) is 5.37. The summed E-state index contributed by atoms with van der Waals surface area (Å²) < 4.78 is 3.43. The molecule has 3 aromatic rings. The standard InChI is InChI=1S/C12H12N4O3S/c1-2-15-6-13-3-7(15)10(17)8-4-14-12-16(8)5-9(20-12)11(18)19/h3-6,10,17H,2H2,1H3,(H,18,19). The zero-order valence-electron chi connectivity index (χ0n) is 10.6. The smallest absolute Gasteiger partial charge is 0.347 e. The van der Waals surface area contributed by atoms with Gasteiger partial charge in [0.1, 0.15) is 11.0 Å². The molecule has 3 heterocycles. The monoisotopic (exact) mass is 292 g/mol. The number of imidazole rings is 2. The first-order valence-electron chi connectivity index (χ1n) is 6.00. The number of thiazole rings is 1. The van der Waals surface area contributed by atoms with E-state index in [-0.39, 0.29) is 4.88 Å². The number of aryl methyl sites for hydroxylation is 1. The van der Waals surface area contributed by atoms with Gasteiger partial charge in [-0.05, 0) is 6.92 Å². The van der Waals surface area contributed by atoms with Crippen molar-refractivity contribution < 1.29 is 15.0 Å². The van der Waals surface area contributed by atoms with Gasteiger partial charge in [0.25, 0.3) is 0 Å². The van der Waals surface area contributed by atoms with Crippen LogP contribution in [0.25, 0.3) is 4.96 Å². The molecule has 7 nitrogen and oxygen atoms in total. The predicted molar refractivity (Wildman–Crippen MR) is 72.0 cm³/mol. The molecule has 0 aliphatic carbocycles. The highest BCUT2D eigenvalue weighted by Gasteiger charge is 2.21. The number of aliphatic hydroxyl groups is 1. The highest BCUT2D eigenvalue weighted by Crippen LogP contribution is 2.26. The Morgan fingerprint density at radius 2 is 2.25 bits per heavy atom. The van der Waals surface area contributed by atoms with E-state index in [0.717, 1.165) is 11.3 Å². The minimum atomic E-state index is -1.00. The summed E-state index contributed by atoms with van der Waals surface area (Å²) in [7, 11) is 0. The summed E-state index contributed by atoms with van der Waals surface area (Å²) in [6.45, 7) is 2.65. The highest BCUT2D eigenvalue weighted by atomic mass is 32.1. The van der Waals surface area contributed by atoms with Gasteiger partial charge in [-0.2, -0.15) is 0 Å². The molecule has 0 aromatic carbocycles. The van der Waals surface area contributed by atoms with Gasteiger partial charge in [-0.15, -0.1) is 0 Å². The maximum absolute atomic E-state index is 11.0. The van der Waals surface area contributed by atoms with Crippen LogP contribution >= 0.6 is 11.3 Å². The van der Waals surface area contributed by atoms with Gasteiger partial charge in [-0.1, -0.05) is 11.3 Å². The third-order valence-electron chi connectivity index (χ3n) is 3.10. The number of aliphatic hydroxyl groups excluding tert-OH is 1. The Hall–Kier alpha value is -2.19. The SMILES string of the molecule is CCn1cncc1C(O)c1cnc2sc(C(=O)O)cn12. The molecule has 0 aliphatic rings. The molecule has 0 spiro atoms. The molecule has 0 bridgehead atoms. The Morgan fingerprint density at radius 3 is 2.95 bits per heavy atom. The van der Waals surface area contributed by atoms with Crippen molar-refractivity contribution in [1.82, 2.24) is 18.9 Å². The number of rotatable bonds is 4. The van der Waals surface area contributed by atoms with Crippen molar-refractivity contribution in [2.75, 3.05) is 0 Å². The van der Waals surface area contributed by atoms with Gasteiger partial charge in [-0.3, -0.25) is 4.40 Å². The van der Waals surface area contributed by atoms with Crippen molar-refractivity contribution in [2.24, 2.45) is 0 Å². The second-order valence-corrected chi connectivity index (χ2v) is 5.25. The van der Waals surface area contributed by atoms with Gasteiger partial charge in [0.15, 0.2) is 4.96 Å². The molecule has 0 amide bonds. The lowest BCUT2D eigenvalue weighted by Gasteiger charge is -2.11. The molecule has 0 aliphatic heterocycles. The van der Waals surface area contributed by atoms with Gasteiger partial charge < -0.3 is 14.8 Å². The zero-order chi connectivity index (χ0) is 14.3. The van der Waals surface area contributed by atoms with Crippen LogP contribution < -0.4 is 0 Å². The molecule has 0 saturated heterocycles. The number of carboxylic acids is 1. The number of hydrogen-bond acceptors (Lipinski definition) is 5. The van der Waals surface area contributed by atoms with Crippen LogP contribution in [0.1, 0.15) is 34.1 Å². The maximum Gasteiger partial charge on any atom is 0.347 e. The minimum absolute atomic E-state index is 0.186. The Morgan fingerprint density at radius 1 is 1.45 bits per heavy atom. The molecule has 2 N–H and O–H groups in total. The quantitative estimate of drug-likeness (QED) is 0.758. The molecule has 1 unspecified atom stereocenters. The summed E-state index contributed by atoms with van der Waals surface area (Å²) in [6, 6.07) is 0. The molecule has 8 heteroatoms. The fourth-order valence-electron chi connectivity index (χ4n) is 2.08. The van der Waals surface area contributed by atoms with E-state index in [1.165, 1.54) is 6.20 Å². The summed E-state index contributed by atoms with van der Waals surface area (Å²) in [5.41, 5.74) is 1.18. The van der Waals surface area contributed by atoms with E-state index < -0.39 is 12.1 Å². The fraction of sp³-hybridized carbons (Fsp3) is 0.250. The van der Waals surface area contributed by atoms with E-state index in [4.69, 9.17) is 5.11 Å². The topological polar surface area (TPSA) is 92.6 Å². The van der Waals surface area contributed by atoms with E-state index in [2.05, 4.69) is 9.97 Å². The first kappa shape index (κ1) is 12.8. The van der Waals surface area contributed by atoms with E-state index in [0.29, 0.717) is 22.9 Å². The second kappa shape index (κ2) is 4.73. The minimum Gasteiger partial charge on any atom is -0.477 e. The third-order valence-corrected chi connectivity index (χ3v) is 4.08. The lowest BCUT2D eigenvalue weighted by Crippen LogP contribution is -2.09. The third kappa shape index (κ3) is 1.89. The molecule has 20 heavy (non-hydrogen) atoms. The van der Waals surface area contributed by atoms with E-state index in [1.54, 1.807) is 23.1 Å². The van der Waals surface area contributed by atoms with Crippen molar-refractivity contribution in [2.45, 2.75) is 19.6 Å². The Labute approximate surface area is 117 Å². The summed E-state index contributed by atoms with van der Waals surface area (Å²) in [4.78, 5) is 19.9. The van der Waals surface area contributed by atoms with Crippen LogP contribution in [0, 0.1) is 0 Å². The van der Waals surface area contributed by atoms with Gasteiger partial charge in [-0.25, -0.2) is 14.8 Å². The molecule has 1 atom stereocenters. The molecule has 0 saturated carbocycles. The van der Waals surface area contributed by atoms with Gasteiger partial charge in [0.05, 0.1) is 30.1 Å². The van der Waals surface area contributed by atoms with Gasteiger partial charge in [0, 0.05) is 12.7 Å². The number of hydrogen-bond donors (Lipinski definition) is 2. The number of aromatic nitrogens is 4. The van der Waals surface area contributed by atoms with Crippen molar-refractivity contribution in [3.8, 4) is 0 Å². The maximum atomic E-state index is 11.0. The largest absolute Gasteiger partial charge is 0.477 e. The average molecular weight is 292 g/mol. The molecule has 104 valence electrons. The number of fused-ring (bicyclic) bond motifs is 1. The first-order chi connectivity index (χ1) is 9.61. The van der Waals surface area contributed by atoms with Crippen molar-refractivity contribution in [1.29, 1.82) is 0 Å². The van der Waals surface area contributed by atoms with Crippen molar-refractivity contribution in [3.63, 3.8) is 0 Å². The van der Waals surface area contributed by atoms with E-state index in [9.17, 15) is 9.90 Å². The summed E-state index contributed by atoms with van der Waals surface area (Å²) in [5, 5.41) is 19.5. The van der Waals surface area contributed by atoms with Crippen LogP contribution in [0.4, 0.5) is 0 Å². The normalized spacial score (nSPS) is 12.9. The van der Waals surface area contributed by atoms with Crippen LogP contribution in [-0.4, -0.2) is 35.1 Å². The second-order valence-electron chi connectivity index (χ2n) is 4.24. The average Bonchev–Trinajstić information content (AvgIpc) is 3.11. The highest BCUT2D eigenvalue weighted by molar-refractivity contribution is 7.18. The van der Waals surface area contributed by atoms with Crippen molar-refractivity contribution >= 4 is 22.3 Å². The Balaban J connectivity index is 2.07. The fourth-order valence-corrected chi connectivity index (χ4v) is 2.88. The summed E-state index contributed by atoms with van der Waals surface area (Å²) in [5.74, 6) is -1.00. The van der Waals surface area contributed by atoms with Gasteiger partial charge in [0.2, 0.25) is 0 Å². The van der Waals surface area contributed by atoms with Crippen LogP contribution in [0.3, 0.4) is 0 Å². The number of carboxylic acid groups (broad SMARTS) is 1. The lowest BCUT2D eigenvalue weighted by molar-refractivity contribution is 0.0701. The van der Waals surface area contributed by atoms with E-state index in [1.807, 2.05) is 11.5 Å². The van der Waals surface area contributed by atoms with E-state index >= 15 is 0 Å². The van der Waals surface area contributed by atoms with Crippen LogP contribution in [0.2, 0.25) is 0 Å². The Kier molecular flexibility index (Phi) is 3.03. The Bertz CT molecular complexity index is 773. The first-order valence-corrected chi connectivity index (χ1v) is 6.81. The lowest BCUT2D eigenvalue weighted by atomic mass is 10.2. The van der Waals surface area contributed by atoms with Crippen LogP contribution in [0.5, 0.6) is 0 Å². The van der Waals surface area contributed by atoms with Crippen molar-refractivity contribution in [3.05, 3.63) is 41.2 Å². The zero-order valence-corrected chi connectivity index (χ0v) is 11.4. The molecular formula is C12H12N4O3S. The molecule has 0 fully saturated rings. The molecule has 0 radical (unpaired) electrons. The number of aromatic carboxylic acids is 1. The van der Waals surface area contributed by atoms with Crippen LogP contribution in [-0.2, 0) is 6.54 Å². The molecular weight excluding hydrogens is 280 g/mol. The summed E-state index contributed by atoms with van der Waals surface area (Å²) >= 11 is 1.07. The van der Waals surface area contributed by atoms with Crippen LogP contribution in [0.15, 0.2) is 24.9 Å². The molecule has 3 rings (SSSR count). The molecule has 3 aromatic heterocycles. The van der Waals surface area contributed by atoms with Gasteiger partial charge >= 0.3 is 5.97 Å². The predicted octanol–water partition coefficient (Wildman–Crippen LogP) is 1.39. The number of carbonyl (C=O) groups is 1. The number of nitrogens with zero attached hydrogens (tertiary/aromatic N) is 4.